The molecule has 3 nitrogen and oxygen atoms in total. The summed E-state index contributed by atoms with van der Waals surface area (Å²) in [7, 11) is 3.91. The van der Waals surface area contributed by atoms with Crippen LogP contribution in [-0.4, -0.2) is 31.9 Å². The maximum atomic E-state index is 13.4. The molecule has 0 amide bonds. The molecular weight excluding hydrogens is 243 g/mol. The first-order chi connectivity index (χ1) is 9.01. The molecule has 4 heteroatoms. The van der Waals surface area contributed by atoms with E-state index in [1.165, 1.54) is 6.07 Å². The quantitative estimate of drug-likeness (QED) is 0.858. The monoisotopic (exact) mass is 266 g/mol. The number of rotatable bonds is 5. The fourth-order valence-electron chi connectivity index (χ4n) is 2.71. The predicted octanol–water partition coefficient (Wildman–Crippen LogP) is 2.31. The van der Waals surface area contributed by atoms with Gasteiger partial charge < -0.3 is 15.3 Å². The van der Waals surface area contributed by atoms with Gasteiger partial charge in [0.05, 0.1) is 6.10 Å². The Morgan fingerprint density at radius 2 is 2.16 bits per heavy atom. The summed E-state index contributed by atoms with van der Waals surface area (Å²) in [6.45, 7) is 2.94. The van der Waals surface area contributed by atoms with Crippen molar-refractivity contribution in [1.82, 2.24) is 5.32 Å². The summed E-state index contributed by atoms with van der Waals surface area (Å²) >= 11 is 0. The Labute approximate surface area is 114 Å². The summed E-state index contributed by atoms with van der Waals surface area (Å²) in [6.07, 6.45) is 1.63. The Hall–Kier alpha value is -1.13. The van der Waals surface area contributed by atoms with Gasteiger partial charge in [-0.3, -0.25) is 0 Å². The van der Waals surface area contributed by atoms with Crippen LogP contribution in [0.25, 0.3) is 0 Å². The fourth-order valence-corrected chi connectivity index (χ4v) is 2.71. The summed E-state index contributed by atoms with van der Waals surface area (Å²) in [6, 6.07) is 5.06. The smallest absolute Gasteiger partial charge is 0.123 e. The average Bonchev–Trinajstić information content (AvgIpc) is 2.35. The van der Waals surface area contributed by atoms with Gasteiger partial charge in [-0.25, -0.2) is 4.39 Å². The number of aliphatic hydroxyl groups excluding tert-OH is 1. The third-order valence-electron chi connectivity index (χ3n) is 4.04. The van der Waals surface area contributed by atoms with E-state index in [0.29, 0.717) is 5.92 Å². The average molecular weight is 266 g/mol. The number of hydrogen-bond donors (Lipinski definition) is 2. The van der Waals surface area contributed by atoms with E-state index in [-0.39, 0.29) is 18.0 Å². The van der Waals surface area contributed by atoms with Gasteiger partial charge in [0.1, 0.15) is 5.82 Å². The first-order valence-electron chi connectivity index (χ1n) is 6.87. The minimum atomic E-state index is -0.201. The van der Waals surface area contributed by atoms with Crippen molar-refractivity contribution in [3.05, 3.63) is 29.6 Å². The SMILES string of the molecule is CNC(C)c1cc(F)ccc1N(C)CC1CC(O)C1. The highest BCUT2D eigenvalue weighted by molar-refractivity contribution is 5.54. The number of anilines is 1. The molecule has 0 heterocycles. The van der Waals surface area contributed by atoms with E-state index in [4.69, 9.17) is 0 Å². The van der Waals surface area contributed by atoms with Crippen LogP contribution in [-0.2, 0) is 0 Å². The van der Waals surface area contributed by atoms with Crippen LogP contribution in [0.1, 0.15) is 31.4 Å². The van der Waals surface area contributed by atoms with Gasteiger partial charge in [-0.2, -0.15) is 0 Å². The van der Waals surface area contributed by atoms with Gasteiger partial charge in [0, 0.05) is 25.3 Å². The second kappa shape index (κ2) is 5.88. The third kappa shape index (κ3) is 3.25. The molecule has 0 radical (unpaired) electrons. The zero-order valence-corrected chi connectivity index (χ0v) is 11.9. The highest BCUT2D eigenvalue weighted by atomic mass is 19.1. The van der Waals surface area contributed by atoms with Crippen molar-refractivity contribution < 1.29 is 9.50 Å². The van der Waals surface area contributed by atoms with E-state index in [0.717, 1.165) is 30.6 Å². The molecule has 106 valence electrons. The second-order valence-electron chi connectivity index (χ2n) is 5.59. The van der Waals surface area contributed by atoms with Crippen molar-refractivity contribution in [2.45, 2.75) is 31.9 Å². The number of nitrogens with zero attached hydrogens (tertiary/aromatic N) is 1. The zero-order chi connectivity index (χ0) is 14.0. The zero-order valence-electron chi connectivity index (χ0n) is 11.9. The van der Waals surface area contributed by atoms with Crippen molar-refractivity contribution in [3.63, 3.8) is 0 Å². The minimum Gasteiger partial charge on any atom is -0.393 e. The summed E-state index contributed by atoms with van der Waals surface area (Å²) in [4.78, 5) is 2.17. The third-order valence-corrected chi connectivity index (χ3v) is 4.04. The Morgan fingerprint density at radius 1 is 1.47 bits per heavy atom. The van der Waals surface area contributed by atoms with E-state index in [1.807, 2.05) is 27.1 Å². The molecule has 1 saturated carbocycles. The second-order valence-corrected chi connectivity index (χ2v) is 5.59. The first kappa shape index (κ1) is 14.3. The van der Waals surface area contributed by atoms with Gasteiger partial charge in [0.15, 0.2) is 0 Å². The van der Waals surface area contributed by atoms with Crippen molar-refractivity contribution >= 4 is 5.69 Å². The molecule has 2 N–H and O–H groups in total. The van der Waals surface area contributed by atoms with Gasteiger partial charge in [-0.15, -0.1) is 0 Å². The van der Waals surface area contributed by atoms with Crippen LogP contribution in [0.15, 0.2) is 18.2 Å². The lowest BCUT2D eigenvalue weighted by Crippen LogP contribution is -2.37. The molecule has 0 bridgehead atoms. The largest absolute Gasteiger partial charge is 0.393 e. The maximum Gasteiger partial charge on any atom is 0.123 e. The van der Waals surface area contributed by atoms with E-state index in [9.17, 15) is 9.50 Å². The normalized spacial score (nSPS) is 23.8. The molecule has 1 aromatic carbocycles. The Kier molecular flexibility index (Phi) is 4.42. The molecular formula is C15H23FN2O. The van der Waals surface area contributed by atoms with Crippen LogP contribution in [0.2, 0.25) is 0 Å². The first-order valence-corrected chi connectivity index (χ1v) is 6.87. The molecule has 19 heavy (non-hydrogen) atoms. The molecule has 1 fully saturated rings. The van der Waals surface area contributed by atoms with E-state index in [1.54, 1.807) is 6.07 Å². The van der Waals surface area contributed by atoms with E-state index >= 15 is 0 Å². The standard InChI is InChI=1S/C15H23FN2O/c1-10(17-2)14-8-12(16)4-5-15(14)18(3)9-11-6-13(19)7-11/h4-5,8,10-11,13,17,19H,6-7,9H2,1-3H3. The van der Waals surface area contributed by atoms with Gasteiger partial charge in [0.2, 0.25) is 0 Å². The van der Waals surface area contributed by atoms with Crippen molar-refractivity contribution in [3.8, 4) is 0 Å². The molecule has 1 aliphatic rings. The highest BCUT2D eigenvalue weighted by Crippen LogP contribution is 2.32. The molecule has 0 aliphatic heterocycles. The van der Waals surface area contributed by atoms with E-state index < -0.39 is 0 Å². The van der Waals surface area contributed by atoms with Gasteiger partial charge >= 0.3 is 0 Å². The van der Waals surface area contributed by atoms with Crippen molar-refractivity contribution in [2.75, 3.05) is 25.5 Å². The molecule has 0 spiro atoms. The Balaban J connectivity index is 2.13. The molecule has 0 aromatic heterocycles. The summed E-state index contributed by atoms with van der Waals surface area (Å²) in [5.41, 5.74) is 2.04. The van der Waals surface area contributed by atoms with E-state index in [2.05, 4.69) is 10.2 Å². The number of hydrogen-bond acceptors (Lipinski definition) is 3. The van der Waals surface area contributed by atoms with Gasteiger partial charge in [-0.05, 0) is 56.5 Å². The van der Waals surface area contributed by atoms with Crippen LogP contribution in [0.5, 0.6) is 0 Å². The Bertz CT molecular complexity index is 432. The molecule has 1 unspecified atom stereocenters. The number of nitrogens with one attached hydrogen (secondary N) is 1. The van der Waals surface area contributed by atoms with Crippen molar-refractivity contribution in [1.29, 1.82) is 0 Å². The minimum absolute atomic E-state index is 0.111. The number of halogens is 1. The topological polar surface area (TPSA) is 35.5 Å². The molecule has 1 aliphatic carbocycles. The lowest BCUT2D eigenvalue weighted by molar-refractivity contribution is 0.0464. The molecule has 1 atom stereocenters. The molecule has 0 saturated heterocycles. The van der Waals surface area contributed by atoms with Crippen LogP contribution in [0, 0.1) is 11.7 Å². The molecule has 1 aromatic rings. The van der Waals surface area contributed by atoms with Gasteiger partial charge in [-0.1, -0.05) is 0 Å². The van der Waals surface area contributed by atoms with Gasteiger partial charge in [0.25, 0.3) is 0 Å². The predicted molar refractivity (Wildman–Crippen MR) is 75.9 cm³/mol. The molecule has 2 rings (SSSR count). The maximum absolute atomic E-state index is 13.4. The number of benzene rings is 1. The highest BCUT2D eigenvalue weighted by Gasteiger charge is 2.28. The summed E-state index contributed by atoms with van der Waals surface area (Å²) in [5, 5.41) is 12.5. The lowest BCUT2D eigenvalue weighted by atomic mass is 9.82. The van der Waals surface area contributed by atoms with Crippen LogP contribution in [0.3, 0.4) is 0 Å². The fraction of sp³-hybridized carbons (Fsp3) is 0.600. The lowest BCUT2D eigenvalue weighted by Gasteiger charge is -2.36. The van der Waals surface area contributed by atoms with Crippen LogP contribution in [0.4, 0.5) is 10.1 Å². The summed E-state index contributed by atoms with van der Waals surface area (Å²) < 4.78 is 13.4. The summed E-state index contributed by atoms with van der Waals surface area (Å²) in [5.74, 6) is 0.344. The van der Waals surface area contributed by atoms with Crippen LogP contribution >= 0.6 is 0 Å². The van der Waals surface area contributed by atoms with Crippen molar-refractivity contribution in [2.24, 2.45) is 5.92 Å². The Morgan fingerprint density at radius 3 is 2.74 bits per heavy atom. The van der Waals surface area contributed by atoms with Crippen LogP contribution < -0.4 is 10.2 Å². The number of aliphatic hydroxyl groups is 1.